The molecule has 1 aliphatic carbocycles. The third kappa shape index (κ3) is 2.87. The number of nitriles is 1. The van der Waals surface area contributed by atoms with Crippen molar-refractivity contribution >= 4 is 0 Å². The van der Waals surface area contributed by atoms with Crippen LogP contribution in [0.2, 0.25) is 0 Å². The van der Waals surface area contributed by atoms with Gasteiger partial charge in [-0.15, -0.1) is 5.10 Å². The van der Waals surface area contributed by atoms with Gasteiger partial charge in [-0.1, -0.05) is 24.5 Å². The van der Waals surface area contributed by atoms with Crippen LogP contribution >= 0.6 is 0 Å². The van der Waals surface area contributed by atoms with E-state index in [2.05, 4.69) is 16.4 Å². The molecule has 0 saturated heterocycles. The molecule has 0 amide bonds. The highest BCUT2D eigenvalue weighted by atomic mass is 16.5. The van der Waals surface area contributed by atoms with Crippen molar-refractivity contribution in [3.05, 3.63) is 29.6 Å². The molecule has 0 bridgehead atoms. The minimum atomic E-state index is 0.310. The molecule has 1 heterocycles. The van der Waals surface area contributed by atoms with Crippen LogP contribution in [0, 0.1) is 11.3 Å². The third-order valence-electron chi connectivity index (χ3n) is 4.42. The van der Waals surface area contributed by atoms with Crippen molar-refractivity contribution < 1.29 is 9.47 Å². The molecule has 0 aliphatic heterocycles. The van der Waals surface area contributed by atoms with Crippen molar-refractivity contribution in [3.8, 4) is 23.3 Å². The third-order valence-corrected chi connectivity index (χ3v) is 4.42. The maximum absolute atomic E-state index is 9.41. The first-order chi connectivity index (χ1) is 11.3. The van der Waals surface area contributed by atoms with Crippen LogP contribution < -0.4 is 9.47 Å². The molecule has 3 rings (SSSR count). The number of aromatic nitrogens is 3. The molecule has 1 aromatic heterocycles. The van der Waals surface area contributed by atoms with Crippen LogP contribution in [0.15, 0.2) is 18.2 Å². The molecule has 1 saturated carbocycles. The predicted octanol–water partition coefficient (Wildman–Crippen LogP) is 3.20. The first-order valence-electron chi connectivity index (χ1n) is 7.86. The van der Waals surface area contributed by atoms with Crippen molar-refractivity contribution in [2.75, 3.05) is 14.2 Å². The van der Waals surface area contributed by atoms with Crippen LogP contribution in [0.1, 0.15) is 49.4 Å². The molecule has 1 aliphatic rings. The van der Waals surface area contributed by atoms with Gasteiger partial charge in [0, 0.05) is 12.0 Å². The van der Waals surface area contributed by atoms with Crippen LogP contribution in [0.25, 0.3) is 5.69 Å². The van der Waals surface area contributed by atoms with E-state index in [1.165, 1.54) is 19.3 Å². The molecule has 1 fully saturated rings. The Morgan fingerprint density at radius 3 is 2.61 bits per heavy atom. The standard InChI is InChI=1S/C17H20N4O2/c1-22-13-8-9-16(23-2)15(10-13)21-17(14(11-18)19-20-21)12-6-4-3-5-7-12/h8-10,12H,3-7H2,1-2H3. The summed E-state index contributed by atoms with van der Waals surface area (Å²) in [4.78, 5) is 0. The van der Waals surface area contributed by atoms with Gasteiger partial charge < -0.3 is 9.47 Å². The van der Waals surface area contributed by atoms with Gasteiger partial charge in [0.1, 0.15) is 23.3 Å². The normalized spacial score (nSPS) is 15.2. The molecule has 0 spiro atoms. The molecule has 1 aromatic carbocycles. The van der Waals surface area contributed by atoms with E-state index < -0.39 is 0 Å². The van der Waals surface area contributed by atoms with Gasteiger partial charge in [-0.2, -0.15) is 5.26 Å². The van der Waals surface area contributed by atoms with Gasteiger partial charge in [-0.05, 0) is 25.0 Å². The van der Waals surface area contributed by atoms with E-state index in [4.69, 9.17) is 9.47 Å². The number of nitrogens with zero attached hydrogens (tertiary/aromatic N) is 4. The largest absolute Gasteiger partial charge is 0.497 e. The second-order valence-corrected chi connectivity index (χ2v) is 5.72. The second-order valence-electron chi connectivity index (χ2n) is 5.72. The lowest BCUT2D eigenvalue weighted by molar-refractivity contribution is 0.396. The van der Waals surface area contributed by atoms with Crippen LogP contribution in [-0.2, 0) is 0 Å². The molecule has 0 atom stereocenters. The van der Waals surface area contributed by atoms with Gasteiger partial charge in [0.05, 0.1) is 19.9 Å². The Labute approximate surface area is 135 Å². The number of benzene rings is 1. The Hall–Kier alpha value is -2.55. The topological polar surface area (TPSA) is 73.0 Å². The summed E-state index contributed by atoms with van der Waals surface area (Å²) in [5.41, 5.74) is 2.04. The lowest BCUT2D eigenvalue weighted by Crippen LogP contribution is -2.13. The number of rotatable bonds is 4. The summed E-state index contributed by atoms with van der Waals surface area (Å²) >= 11 is 0. The van der Waals surface area contributed by atoms with Crippen molar-refractivity contribution in [2.24, 2.45) is 0 Å². The number of methoxy groups -OCH3 is 2. The Balaban J connectivity index is 2.13. The SMILES string of the molecule is COc1ccc(OC)c(-n2nnc(C#N)c2C2CCCCC2)c1. The van der Waals surface area contributed by atoms with Gasteiger partial charge in [-0.25, -0.2) is 4.68 Å². The molecule has 120 valence electrons. The molecule has 0 radical (unpaired) electrons. The lowest BCUT2D eigenvalue weighted by atomic mass is 9.86. The van der Waals surface area contributed by atoms with Gasteiger partial charge in [0.15, 0.2) is 5.69 Å². The van der Waals surface area contributed by atoms with E-state index in [0.29, 0.717) is 23.1 Å². The Morgan fingerprint density at radius 2 is 1.96 bits per heavy atom. The van der Waals surface area contributed by atoms with Crippen molar-refractivity contribution in [3.63, 3.8) is 0 Å². The van der Waals surface area contributed by atoms with E-state index in [1.807, 2.05) is 18.2 Å². The van der Waals surface area contributed by atoms with E-state index >= 15 is 0 Å². The first-order valence-corrected chi connectivity index (χ1v) is 7.86. The summed E-state index contributed by atoms with van der Waals surface area (Å²) in [5.74, 6) is 1.70. The number of ether oxygens (including phenoxy) is 2. The summed E-state index contributed by atoms with van der Waals surface area (Å²) in [5, 5.41) is 17.7. The molecule has 0 unspecified atom stereocenters. The summed E-state index contributed by atoms with van der Waals surface area (Å²) in [6.45, 7) is 0. The fraction of sp³-hybridized carbons (Fsp3) is 0.471. The van der Waals surface area contributed by atoms with E-state index in [9.17, 15) is 5.26 Å². The summed E-state index contributed by atoms with van der Waals surface area (Å²) in [7, 11) is 3.24. The number of hydrogen-bond acceptors (Lipinski definition) is 5. The van der Waals surface area contributed by atoms with E-state index in [-0.39, 0.29) is 0 Å². The van der Waals surface area contributed by atoms with Gasteiger partial charge >= 0.3 is 0 Å². The monoisotopic (exact) mass is 312 g/mol. The molecular formula is C17H20N4O2. The average Bonchev–Trinajstić information content (AvgIpc) is 3.05. The maximum atomic E-state index is 9.41. The van der Waals surface area contributed by atoms with Crippen LogP contribution in [0.3, 0.4) is 0 Å². The summed E-state index contributed by atoms with van der Waals surface area (Å²) < 4.78 is 12.5. The molecule has 23 heavy (non-hydrogen) atoms. The van der Waals surface area contributed by atoms with E-state index in [0.717, 1.165) is 24.2 Å². The highest BCUT2D eigenvalue weighted by molar-refractivity contribution is 5.52. The van der Waals surface area contributed by atoms with Gasteiger partial charge in [0.25, 0.3) is 0 Å². The average molecular weight is 312 g/mol. The minimum Gasteiger partial charge on any atom is -0.497 e. The van der Waals surface area contributed by atoms with Crippen LogP contribution in [0.5, 0.6) is 11.5 Å². The van der Waals surface area contributed by atoms with E-state index in [1.54, 1.807) is 18.9 Å². The fourth-order valence-electron chi connectivity index (χ4n) is 3.25. The Kier molecular flexibility index (Phi) is 4.47. The first kappa shape index (κ1) is 15.3. The minimum absolute atomic E-state index is 0.310. The zero-order valence-corrected chi connectivity index (χ0v) is 13.5. The van der Waals surface area contributed by atoms with Gasteiger partial charge in [-0.3, -0.25) is 0 Å². The molecule has 0 N–H and O–H groups in total. The van der Waals surface area contributed by atoms with Crippen molar-refractivity contribution in [1.82, 2.24) is 15.0 Å². The molecule has 2 aromatic rings. The maximum Gasteiger partial charge on any atom is 0.186 e. The van der Waals surface area contributed by atoms with Crippen molar-refractivity contribution in [2.45, 2.75) is 38.0 Å². The fourth-order valence-corrected chi connectivity index (χ4v) is 3.25. The molecule has 6 nitrogen and oxygen atoms in total. The molecular weight excluding hydrogens is 292 g/mol. The zero-order chi connectivity index (χ0) is 16.2. The van der Waals surface area contributed by atoms with Crippen LogP contribution in [-0.4, -0.2) is 29.2 Å². The highest BCUT2D eigenvalue weighted by Gasteiger charge is 2.26. The second kappa shape index (κ2) is 6.69. The summed E-state index contributed by atoms with van der Waals surface area (Å²) in [6.07, 6.45) is 5.73. The lowest BCUT2D eigenvalue weighted by Gasteiger charge is -2.22. The number of hydrogen-bond donors (Lipinski definition) is 0. The van der Waals surface area contributed by atoms with Gasteiger partial charge in [0.2, 0.25) is 0 Å². The summed E-state index contributed by atoms with van der Waals surface area (Å²) in [6, 6.07) is 7.72. The Morgan fingerprint density at radius 1 is 1.17 bits per heavy atom. The highest BCUT2D eigenvalue weighted by Crippen LogP contribution is 2.37. The van der Waals surface area contributed by atoms with Crippen LogP contribution in [0.4, 0.5) is 0 Å². The molecule has 6 heteroatoms. The zero-order valence-electron chi connectivity index (χ0n) is 13.5. The quantitative estimate of drug-likeness (QED) is 0.866. The predicted molar refractivity (Wildman–Crippen MR) is 85.0 cm³/mol. The van der Waals surface area contributed by atoms with Crippen molar-refractivity contribution in [1.29, 1.82) is 5.26 Å². The Bertz CT molecular complexity index is 727. The smallest absolute Gasteiger partial charge is 0.186 e.